The van der Waals surface area contributed by atoms with Crippen LogP contribution in [0.4, 0.5) is 22.2 Å². The zero-order valence-electron chi connectivity index (χ0n) is 11.9. The second-order valence-corrected chi connectivity index (χ2v) is 4.52. The first-order chi connectivity index (χ1) is 10.5. The summed E-state index contributed by atoms with van der Waals surface area (Å²) in [4.78, 5) is 23.1. The number of hydrogen-bond acceptors (Lipinski definition) is 7. The fourth-order valence-electron chi connectivity index (χ4n) is 1.67. The fraction of sp³-hybridized carbons (Fsp3) is 0.231. The molecule has 0 saturated carbocycles. The summed E-state index contributed by atoms with van der Waals surface area (Å²) in [7, 11) is 0. The molecular formula is C13H16FN7O. The van der Waals surface area contributed by atoms with E-state index in [0.29, 0.717) is 18.7 Å². The van der Waals surface area contributed by atoms with Crippen LogP contribution < -0.4 is 22.1 Å². The van der Waals surface area contributed by atoms with E-state index in [9.17, 15) is 9.18 Å². The summed E-state index contributed by atoms with van der Waals surface area (Å²) in [6.45, 7) is 2.27. The lowest BCUT2D eigenvalue weighted by atomic mass is 10.1. The van der Waals surface area contributed by atoms with Crippen LogP contribution in [0.2, 0.25) is 0 Å². The van der Waals surface area contributed by atoms with Crippen molar-refractivity contribution in [3.63, 3.8) is 0 Å². The molecule has 0 aliphatic rings. The Morgan fingerprint density at radius 1 is 1.18 bits per heavy atom. The molecule has 0 fully saturated rings. The van der Waals surface area contributed by atoms with Crippen molar-refractivity contribution in [3.8, 4) is 0 Å². The molecule has 0 aliphatic heterocycles. The van der Waals surface area contributed by atoms with Crippen molar-refractivity contribution < 1.29 is 9.18 Å². The Hall–Kier alpha value is -2.97. The quantitative estimate of drug-likeness (QED) is 0.585. The summed E-state index contributed by atoms with van der Waals surface area (Å²) in [5.74, 6) is -0.541. The Morgan fingerprint density at radius 2 is 1.86 bits per heavy atom. The van der Waals surface area contributed by atoms with Gasteiger partial charge < -0.3 is 22.1 Å². The van der Waals surface area contributed by atoms with Crippen molar-refractivity contribution in [2.24, 2.45) is 0 Å². The van der Waals surface area contributed by atoms with Crippen molar-refractivity contribution >= 4 is 23.8 Å². The third-order valence-corrected chi connectivity index (χ3v) is 2.80. The normalized spacial score (nSPS) is 10.3. The van der Waals surface area contributed by atoms with Gasteiger partial charge in [-0.2, -0.15) is 15.0 Å². The molecule has 0 unspecified atom stereocenters. The smallest absolute Gasteiger partial charge is 0.251 e. The van der Waals surface area contributed by atoms with E-state index in [-0.39, 0.29) is 29.3 Å². The van der Waals surface area contributed by atoms with E-state index in [1.165, 1.54) is 6.07 Å². The number of hydrogen-bond donors (Lipinski definition) is 4. The van der Waals surface area contributed by atoms with Gasteiger partial charge in [-0.1, -0.05) is 6.07 Å². The number of nitrogens with zero attached hydrogens (tertiary/aromatic N) is 3. The van der Waals surface area contributed by atoms with Gasteiger partial charge in [0.1, 0.15) is 5.82 Å². The van der Waals surface area contributed by atoms with Crippen molar-refractivity contribution in [1.29, 1.82) is 0 Å². The molecule has 0 aliphatic carbocycles. The maximum Gasteiger partial charge on any atom is 0.251 e. The number of nitrogen functional groups attached to an aromatic ring is 2. The monoisotopic (exact) mass is 305 g/mol. The van der Waals surface area contributed by atoms with E-state index in [4.69, 9.17) is 11.5 Å². The Morgan fingerprint density at radius 3 is 2.50 bits per heavy atom. The lowest BCUT2D eigenvalue weighted by molar-refractivity contribution is 0.0954. The summed E-state index contributed by atoms with van der Waals surface area (Å²) in [6.07, 6.45) is 0. The summed E-state index contributed by atoms with van der Waals surface area (Å²) < 4.78 is 13.4. The predicted molar refractivity (Wildman–Crippen MR) is 80.6 cm³/mol. The average Bonchev–Trinajstić information content (AvgIpc) is 2.45. The van der Waals surface area contributed by atoms with Crippen LogP contribution >= 0.6 is 0 Å². The van der Waals surface area contributed by atoms with E-state index in [2.05, 4.69) is 25.6 Å². The van der Waals surface area contributed by atoms with Gasteiger partial charge in [-0.05, 0) is 24.6 Å². The second kappa shape index (κ2) is 6.66. The molecule has 9 heteroatoms. The molecule has 0 radical (unpaired) electrons. The number of rotatable bonds is 5. The predicted octanol–water partition coefficient (Wildman–Crippen LogP) is 0.325. The molecule has 0 bridgehead atoms. The number of anilines is 3. The number of nitrogens with one attached hydrogen (secondary N) is 2. The highest BCUT2D eigenvalue weighted by Gasteiger charge is 2.07. The third-order valence-electron chi connectivity index (χ3n) is 2.80. The molecule has 1 aromatic carbocycles. The molecular weight excluding hydrogens is 289 g/mol. The largest absolute Gasteiger partial charge is 0.368 e. The molecule has 8 nitrogen and oxygen atoms in total. The number of halogens is 1. The van der Waals surface area contributed by atoms with E-state index < -0.39 is 5.82 Å². The second-order valence-electron chi connectivity index (χ2n) is 4.52. The fourth-order valence-corrected chi connectivity index (χ4v) is 1.67. The van der Waals surface area contributed by atoms with Gasteiger partial charge in [0.2, 0.25) is 17.8 Å². The molecule has 0 saturated heterocycles. The lowest BCUT2D eigenvalue weighted by Crippen LogP contribution is -2.29. The molecule has 0 spiro atoms. The number of nitrogens with two attached hydrogens (primary N) is 2. The maximum absolute atomic E-state index is 13.4. The standard InChI is InChI=1S/C13H16FN7O/c1-7-2-3-8(6-9(7)14)10(22)17-4-5-18-13-20-11(15)19-12(16)21-13/h2-3,6H,4-5H2,1H3,(H,17,22)(H5,15,16,18,19,20,21). The Balaban J connectivity index is 1.83. The molecule has 6 N–H and O–H groups in total. The van der Waals surface area contributed by atoms with Crippen molar-refractivity contribution in [2.75, 3.05) is 29.9 Å². The van der Waals surface area contributed by atoms with Gasteiger partial charge in [0.25, 0.3) is 5.91 Å². The molecule has 1 aromatic heterocycles. The molecule has 0 atom stereocenters. The summed E-state index contributed by atoms with van der Waals surface area (Å²) in [6, 6.07) is 4.32. The van der Waals surface area contributed by atoms with E-state index >= 15 is 0 Å². The van der Waals surface area contributed by atoms with Gasteiger partial charge in [-0.3, -0.25) is 4.79 Å². The maximum atomic E-state index is 13.4. The number of carbonyl (C=O) groups excluding carboxylic acids is 1. The van der Waals surface area contributed by atoms with Gasteiger partial charge in [-0.25, -0.2) is 4.39 Å². The average molecular weight is 305 g/mol. The Labute approximate surface area is 126 Å². The summed E-state index contributed by atoms with van der Waals surface area (Å²) >= 11 is 0. The highest BCUT2D eigenvalue weighted by molar-refractivity contribution is 5.94. The SMILES string of the molecule is Cc1ccc(C(=O)NCCNc2nc(N)nc(N)n2)cc1F. The van der Waals surface area contributed by atoms with Crippen LogP contribution in [0.15, 0.2) is 18.2 Å². The minimum atomic E-state index is -0.415. The lowest BCUT2D eigenvalue weighted by Gasteiger charge is -2.08. The van der Waals surface area contributed by atoms with Gasteiger partial charge in [0.15, 0.2) is 0 Å². The van der Waals surface area contributed by atoms with Gasteiger partial charge >= 0.3 is 0 Å². The van der Waals surface area contributed by atoms with Crippen LogP contribution in [0.25, 0.3) is 0 Å². The topological polar surface area (TPSA) is 132 Å². The minimum Gasteiger partial charge on any atom is -0.368 e. The first kappa shape index (κ1) is 15.4. The van der Waals surface area contributed by atoms with E-state index in [1.807, 2.05) is 0 Å². The van der Waals surface area contributed by atoms with Crippen molar-refractivity contribution in [1.82, 2.24) is 20.3 Å². The Kier molecular flexibility index (Phi) is 4.66. The van der Waals surface area contributed by atoms with Crippen LogP contribution in [0.3, 0.4) is 0 Å². The Bertz CT molecular complexity index is 672. The van der Waals surface area contributed by atoms with Crippen LogP contribution in [0.1, 0.15) is 15.9 Å². The van der Waals surface area contributed by atoms with E-state index in [1.54, 1.807) is 19.1 Å². The van der Waals surface area contributed by atoms with Gasteiger partial charge in [0, 0.05) is 18.7 Å². The zero-order valence-corrected chi connectivity index (χ0v) is 11.9. The molecule has 116 valence electrons. The zero-order chi connectivity index (χ0) is 16.1. The number of aromatic nitrogens is 3. The number of carbonyl (C=O) groups is 1. The van der Waals surface area contributed by atoms with Gasteiger partial charge in [-0.15, -0.1) is 0 Å². The van der Waals surface area contributed by atoms with Crippen LogP contribution in [-0.4, -0.2) is 33.9 Å². The van der Waals surface area contributed by atoms with E-state index in [0.717, 1.165) is 0 Å². The van der Waals surface area contributed by atoms with Crippen LogP contribution in [0.5, 0.6) is 0 Å². The number of benzene rings is 1. The van der Waals surface area contributed by atoms with Crippen molar-refractivity contribution in [2.45, 2.75) is 6.92 Å². The first-order valence-electron chi connectivity index (χ1n) is 6.51. The van der Waals surface area contributed by atoms with Gasteiger partial charge in [0.05, 0.1) is 0 Å². The summed E-state index contributed by atoms with van der Waals surface area (Å²) in [5, 5.41) is 5.49. The molecule has 2 rings (SSSR count). The third kappa shape index (κ3) is 4.01. The highest BCUT2D eigenvalue weighted by Crippen LogP contribution is 2.09. The first-order valence-corrected chi connectivity index (χ1v) is 6.51. The summed E-state index contributed by atoms with van der Waals surface area (Å²) in [5.41, 5.74) is 11.6. The number of aryl methyl sites for hydroxylation is 1. The van der Waals surface area contributed by atoms with Crippen LogP contribution in [-0.2, 0) is 0 Å². The molecule has 22 heavy (non-hydrogen) atoms. The van der Waals surface area contributed by atoms with Crippen molar-refractivity contribution in [3.05, 3.63) is 35.1 Å². The molecule has 1 amide bonds. The highest BCUT2D eigenvalue weighted by atomic mass is 19.1. The van der Waals surface area contributed by atoms with Crippen LogP contribution in [0, 0.1) is 12.7 Å². The minimum absolute atomic E-state index is 0.00849. The molecule has 2 aromatic rings. The molecule has 1 heterocycles. The number of amides is 1.